The molecule has 0 fully saturated rings. The predicted molar refractivity (Wildman–Crippen MR) is 109 cm³/mol. The zero-order valence-electron chi connectivity index (χ0n) is 16.4. The topological polar surface area (TPSA) is 95.3 Å². The highest BCUT2D eigenvalue weighted by Crippen LogP contribution is 2.18. The van der Waals surface area contributed by atoms with E-state index in [-0.39, 0.29) is 22.8 Å². The normalized spacial score (nSPS) is 12.2. The van der Waals surface area contributed by atoms with Crippen molar-refractivity contribution in [2.24, 2.45) is 0 Å². The molecule has 0 aliphatic carbocycles. The molecule has 0 aliphatic heterocycles. The van der Waals surface area contributed by atoms with E-state index >= 15 is 0 Å². The van der Waals surface area contributed by atoms with E-state index in [0.29, 0.717) is 11.4 Å². The third-order valence-electron chi connectivity index (χ3n) is 4.35. The van der Waals surface area contributed by atoms with Crippen LogP contribution in [0.2, 0.25) is 0 Å². The zero-order chi connectivity index (χ0) is 21.2. The van der Waals surface area contributed by atoms with E-state index in [4.69, 9.17) is 4.18 Å². The quantitative estimate of drug-likeness (QED) is 0.531. The number of hydrogen-bond donors (Lipinski definition) is 0. The summed E-state index contributed by atoms with van der Waals surface area (Å²) in [5.41, 5.74) is 2.76. The summed E-state index contributed by atoms with van der Waals surface area (Å²) in [7, 11) is -7.70. The fourth-order valence-electron chi connectivity index (χ4n) is 2.73. The Morgan fingerprint density at radius 3 is 1.90 bits per heavy atom. The number of aromatic nitrogens is 2. The lowest BCUT2D eigenvalue weighted by Crippen LogP contribution is -2.16. The standard InChI is InChI=1S/C20H22N2O5S2/c1-15-4-8-19(9-5-15)28(23,24)22-17(3)14-18(21-22)12-13-27-29(25,26)20-10-6-16(2)7-11-20/h4-11,14H,12-13H2,1-3H3. The van der Waals surface area contributed by atoms with Crippen LogP contribution in [-0.2, 0) is 30.7 Å². The largest absolute Gasteiger partial charge is 0.296 e. The maximum absolute atomic E-state index is 12.8. The first kappa shape index (κ1) is 21.2. The summed E-state index contributed by atoms with van der Waals surface area (Å²) in [6, 6.07) is 14.5. The molecule has 0 spiro atoms. The van der Waals surface area contributed by atoms with Gasteiger partial charge in [-0.25, -0.2) is 0 Å². The molecule has 0 N–H and O–H groups in total. The van der Waals surface area contributed by atoms with Crippen LogP contribution in [0.25, 0.3) is 0 Å². The molecule has 154 valence electrons. The summed E-state index contributed by atoms with van der Waals surface area (Å²) >= 11 is 0. The molecule has 0 radical (unpaired) electrons. The monoisotopic (exact) mass is 434 g/mol. The van der Waals surface area contributed by atoms with Crippen molar-refractivity contribution in [1.82, 2.24) is 9.19 Å². The molecule has 29 heavy (non-hydrogen) atoms. The van der Waals surface area contributed by atoms with Gasteiger partial charge in [-0.05, 0) is 51.1 Å². The smallest absolute Gasteiger partial charge is 0.266 e. The van der Waals surface area contributed by atoms with Crippen LogP contribution in [-0.4, -0.2) is 32.6 Å². The number of rotatable bonds is 7. The van der Waals surface area contributed by atoms with E-state index in [2.05, 4.69) is 5.10 Å². The second-order valence-electron chi connectivity index (χ2n) is 6.78. The summed E-state index contributed by atoms with van der Waals surface area (Å²) in [6.45, 7) is 5.22. The molecular weight excluding hydrogens is 412 g/mol. The molecule has 0 unspecified atom stereocenters. The molecule has 9 heteroatoms. The van der Waals surface area contributed by atoms with Crippen LogP contribution in [0.15, 0.2) is 64.4 Å². The second kappa shape index (κ2) is 8.10. The Balaban J connectivity index is 1.72. The fraction of sp³-hybridized carbons (Fsp3) is 0.250. The van der Waals surface area contributed by atoms with Crippen LogP contribution in [0.1, 0.15) is 22.5 Å². The first-order valence-corrected chi connectivity index (χ1v) is 11.8. The molecule has 2 aromatic carbocycles. The average molecular weight is 435 g/mol. The van der Waals surface area contributed by atoms with Gasteiger partial charge in [0, 0.05) is 6.42 Å². The molecule has 0 saturated carbocycles. The van der Waals surface area contributed by atoms with Gasteiger partial charge in [-0.1, -0.05) is 35.4 Å². The Hall–Kier alpha value is -2.49. The Morgan fingerprint density at radius 1 is 0.828 bits per heavy atom. The second-order valence-corrected chi connectivity index (χ2v) is 10.2. The minimum Gasteiger partial charge on any atom is -0.266 e. The Morgan fingerprint density at radius 2 is 1.34 bits per heavy atom. The molecule has 0 saturated heterocycles. The van der Waals surface area contributed by atoms with E-state index in [1.165, 1.54) is 24.3 Å². The van der Waals surface area contributed by atoms with E-state index in [1.807, 2.05) is 13.8 Å². The SMILES string of the molecule is Cc1ccc(S(=O)(=O)OCCc2cc(C)n(S(=O)(=O)c3ccc(C)cc3)n2)cc1. The molecule has 0 bridgehead atoms. The Bertz CT molecular complexity index is 1210. The van der Waals surface area contributed by atoms with Crippen LogP contribution in [0.4, 0.5) is 0 Å². The lowest BCUT2D eigenvalue weighted by atomic mass is 10.2. The summed E-state index contributed by atoms with van der Waals surface area (Å²) in [5.74, 6) is 0. The first-order valence-electron chi connectivity index (χ1n) is 8.93. The van der Waals surface area contributed by atoms with Crippen molar-refractivity contribution in [2.75, 3.05) is 6.61 Å². The summed E-state index contributed by atoms with van der Waals surface area (Å²) in [4.78, 5) is 0.214. The van der Waals surface area contributed by atoms with Crippen LogP contribution < -0.4 is 0 Å². The molecule has 3 aromatic rings. The van der Waals surface area contributed by atoms with Crippen molar-refractivity contribution in [3.8, 4) is 0 Å². The summed E-state index contributed by atoms with van der Waals surface area (Å²) in [6.07, 6.45) is 0.155. The maximum Gasteiger partial charge on any atom is 0.296 e. The predicted octanol–water partition coefficient (Wildman–Crippen LogP) is 2.99. The van der Waals surface area contributed by atoms with Gasteiger partial charge < -0.3 is 0 Å². The Kier molecular flexibility index (Phi) is 5.92. The Labute approximate surface area is 171 Å². The van der Waals surface area contributed by atoms with E-state index in [1.54, 1.807) is 37.3 Å². The van der Waals surface area contributed by atoms with E-state index < -0.39 is 20.1 Å². The van der Waals surface area contributed by atoms with Crippen molar-refractivity contribution >= 4 is 20.1 Å². The van der Waals surface area contributed by atoms with Gasteiger partial charge in [0.25, 0.3) is 20.1 Å². The van der Waals surface area contributed by atoms with Gasteiger partial charge in [0.1, 0.15) is 0 Å². The molecule has 7 nitrogen and oxygen atoms in total. The van der Waals surface area contributed by atoms with E-state index in [9.17, 15) is 16.8 Å². The van der Waals surface area contributed by atoms with Crippen LogP contribution in [0.3, 0.4) is 0 Å². The highest BCUT2D eigenvalue weighted by molar-refractivity contribution is 7.89. The molecule has 0 amide bonds. The lowest BCUT2D eigenvalue weighted by molar-refractivity contribution is 0.320. The first-order chi connectivity index (χ1) is 13.6. The average Bonchev–Trinajstić information content (AvgIpc) is 3.03. The number of benzene rings is 2. The maximum atomic E-state index is 12.8. The van der Waals surface area contributed by atoms with Crippen molar-refractivity contribution in [3.63, 3.8) is 0 Å². The summed E-state index contributed by atoms with van der Waals surface area (Å²) in [5, 5.41) is 4.14. The molecule has 0 aliphatic rings. The number of nitrogens with zero attached hydrogens (tertiary/aromatic N) is 2. The molecule has 1 heterocycles. The van der Waals surface area contributed by atoms with Crippen molar-refractivity contribution < 1.29 is 21.0 Å². The van der Waals surface area contributed by atoms with Gasteiger partial charge >= 0.3 is 0 Å². The lowest BCUT2D eigenvalue weighted by Gasteiger charge is -2.07. The van der Waals surface area contributed by atoms with Gasteiger partial charge in [-0.3, -0.25) is 4.18 Å². The zero-order valence-corrected chi connectivity index (χ0v) is 18.0. The van der Waals surface area contributed by atoms with Gasteiger partial charge in [-0.2, -0.15) is 26.0 Å². The summed E-state index contributed by atoms with van der Waals surface area (Å²) < 4.78 is 56.1. The molecule has 0 atom stereocenters. The molecule has 3 rings (SSSR count). The minimum absolute atomic E-state index is 0.0757. The van der Waals surface area contributed by atoms with Gasteiger partial charge in [0.2, 0.25) is 0 Å². The van der Waals surface area contributed by atoms with Crippen LogP contribution in [0.5, 0.6) is 0 Å². The number of aryl methyl sites for hydroxylation is 3. The van der Waals surface area contributed by atoms with Crippen LogP contribution >= 0.6 is 0 Å². The highest BCUT2D eigenvalue weighted by atomic mass is 32.2. The van der Waals surface area contributed by atoms with Gasteiger partial charge in [-0.15, -0.1) is 0 Å². The minimum atomic E-state index is -3.88. The third kappa shape index (κ3) is 4.75. The molecule has 1 aromatic heterocycles. The highest BCUT2D eigenvalue weighted by Gasteiger charge is 2.21. The van der Waals surface area contributed by atoms with Crippen molar-refractivity contribution in [1.29, 1.82) is 0 Å². The van der Waals surface area contributed by atoms with E-state index in [0.717, 1.165) is 15.2 Å². The fourth-order valence-corrected chi connectivity index (χ4v) is 4.96. The van der Waals surface area contributed by atoms with Crippen molar-refractivity contribution in [2.45, 2.75) is 37.0 Å². The third-order valence-corrected chi connectivity index (χ3v) is 7.37. The number of hydrogen-bond acceptors (Lipinski definition) is 6. The van der Waals surface area contributed by atoms with Crippen LogP contribution in [0, 0.1) is 20.8 Å². The molecular formula is C20H22N2O5S2. The van der Waals surface area contributed by atoms with Gasteiger partial charge in [0.05, 0.1) is 27.8 Å². The van der Waals surface area contributed by atoms with Crippen molar-refractivity contribution in [3.05, 3.63) is 77.1 Å². The van der Waals surface area contributed by atoms with Gasteiger partial charge in [0.15, 0.2) is 0 Å².